The fourth-order valence-corrected chi connectivity index (χ4v) is 1.24. The Balaban J connectivity index is 2.32. The third-order valence-electron chi connectivity index (χ3n) is 2.23. The lowest BCUT2D eigenvalue weighted by atomic mass is 10.2. The topological polar surface area (TPSA) is 45.2 Å². The highest BCUT2D eigenvalue weighted by molar-refractivity contribution is 5.73. The van der Waals surface area contributed by atoms with Crippen molar-refractivity contribution < 1.29 is 4.79 Å². The predicted molar refractivity (Wildman–Crippen MR) is 64.2 cm³/mol. The van der Waals surface area contributed by atoms with Gasteiger partial charge in [0.2, 0.25) is 0 Å². The number of urea groups is 1. The quantitative estimate of drug-likeness (QED) is 0.762. The first-order valence-electron chi connectivity index (χ1n) is 5.23. The number of hydrogen-bond acceptors (Lipinski definition) is 2. The van der Waals surface area contributed by atoms with Crippen molar-refractivity contribution in [3.05, 3.63) is 42.7 Å². The van der Waals surface area contributed by atoms with E-state index in [9.17, 15) is 4.79 Å². The molecule has 0 radical (unpaired) electrons. The van der Waals surface area contributed by atoms with Gasteiger partial charge >= 0.3 is 6.03 Å². The Bertz CT molecular complexity index is 337. The lowest BCUT2D eigenvalue weighted by Gasteiger charge is -2.17. The van der Waals surface area contributed by atoms with Crippen LogP contribution in [0.2, 0.25) is 0 Å². The Hall–Kier alpha value is -1.84. The first kappa shape index (κ1) is 12.2. The summed E-state index contributed by atoms with van der Waals surface area (Å²) in [5.74, 6) is 0. The number of nitrogens with zero attached hydrogens (tertiary/aromatic N) is 2. The Kier molecular flexibility index (Phi) is 5.05. The molecule has 0 saturated carbocycles. The smallest absolute Gasteiger partial charge is 0.317 e. The van der Waals surface area contributed by atoms with Crippen molar-refractivity contribution in [2.75, 3.05) is 20.1 Å². The summed E-state index contributed by atoms with van der Waals surface area (Å²) in [6.45, 7) is 4.73. The van der Waals surface area contributed by atoms with Crippen LogP contribution in [-0.4, -0.2) is 36.1 Å². The number of likely N-dealkylation sites (N-methyl/N-ethyl adjacent to an activating group) is 1. The molecule has 0 aliphatic heterocycles. The zero-order valence-electron chi connectivity index (χ0n) is 9.52. The number of nitrogens with one attached hydrogen (secondary N) is 1. The van der Waals surface area contributed by atoms with E-state index in [1.165, 1.54) is 5.56 Å². The van der Waals surface area contributed by atoms with E-state index in [4.69, 9.17) is 0 Å². The van der Waals surface area contributed by atoms with Gasteiger partial charge in [0, 0.05) is 32.5 Å². The number of pyridine rings is 1. The van der Waals surface area contributed by atoms with E-state index in [0.29, 0.717) is 13.1 Å². The monoisotopic (exact) mass is 219 g/mol. The van der Waals surface area contributed by atoms with Gasteiger partial charge in [-0.1, -0.05) is 6.08 Å². The molecule has 0 atom stereocenters. The largest absolute Gasteiger partial charge is 0.335 e. The molecule has 4 nitrogen and oxygen atoms in total. The second kappa shape index (κ2) is 6.61. The van der Waals surface area contributed by atoms with Gasteiger partial charge in [-0.2, -0.15) is 0 Å². The molecule has 0 bridgehead atoms. The Morgan fingerprint density at radius 3 is 2.88 bits per heavy atom. The molecule has 1 rings (SSSR count). The molecule has 4 heteroatoms. The van der Waals surface area contributed by atoms with Gasteiger partial charge in [0.15, 0.2) is 0 Å². The molecule has 0 aromatic carbocycles. The van der Waals surface area contributed by atoms with E-state index in [-0.39, 0.29) is 6.03 Å². The lowest BCUT2D eigenvalue weighted by Crippen LogP contribution is -2.38. The van der Waals surface area contributed by atoms with Gasteiger partial charge in [0.05, 0.1) is 0 Å². The Labute approximate surface area is 96.0 Å². The fourth-order valence-electron chi connectivity index (χ4n) is 1.24. The highest BCUT2D eigenvalue weighted by Crippen LogP contribution is 1.98. The molecule has 2 amide bonds. The second-order valence-electron chi connectivity index (χ2n) is 3.50. The van der Waals surface area contributed by atoms with Crippen LogP contribution in [0.4, 0.5) is 4.79 Å². The number of rotatable bonds is 5. The standard InChI is InChI=1S/C12H17N3O/c1-3-7-14-12(16)15(2)10-6-11-4-8-13-9-5-11/h3-5,8-9H,1,6-7,10H2,2H3,(H,14,16). The van der Waals surface area contributed by atoms with E-state index in [1.54, 1.807) is 30.4 Å². The summed E-state index contributed by atoms with van der Waals surface area (Å²) in [7, 11) is 1.78. The summed E-state index contributed by atoms with van der Waals surface area (Å²) < 4.78 is 0. The van der Waals surface area contributed by atoms with E-state index in [0.717, 1.165) is 6.42 Å². The molecule has 1 aromatic heterocycles. The van der Waals surface area contributed by atoms with Crippen LogP contribution in [0.5, 0.6) is 0 Å². The molecule has 1 N–H and O–H groups in total. The minimum absolute atomic E-state index is 0.0750. The number of aromatic nitrogens is 1. The molecule has 0 saturated heterocycles. The molecular formula is C12H17N3O. The van der Waals surface area contributed by atoms with Crippen molar-refractivity contribution >= 4 is 6.03 Å². The van der Waals surface area contributed by atoms with Crippen LogP contribution in [0.1, 0.15) is 5.56 Å². The molecule has 16 heavy (non-hydrogen) atoms. The summed E-state index contributed by atoms with van der Waals surface area (Å²) in [6.07, 6.45) is 6.01. The average Bonchev–Trinajstić information content (AvgIpc) is 2.34. The number of hydrogen-bond donors (Lipinski definition) is 1. The van der Waals surface area contributed by atoms with Gasteiger partial charge in [-0.3, -0.25) is 4.98 Å². The highest BCUT2D eigenvalue weighted by atomic mass is 16.2. The van der Waals surface area contributed by atoms with Crippen molar-refractivity contribution in [1.29, 1.82) is 0 Å². The summed E-state index contributed by atoms with van der Waals surface area (Å²) in [5, 5.41) is 2.72. The first-order valence-corrected chi connectivity index (χ1v) is 5.23. The molecule has 1 heterocycles. The van der Waals surface area contributed by atoms with Crippen LogP contribution in [0.3, 0.4) is 0 Å². The zero-order valence-corrected chi connectivity index (χ0v) is 9.52. The van der Waals surface area contributed by atoms with Crippen LogP contribution in [0.25, 0.3) is 0 Å². The normalized spacial score (nSPS) is 9.56. The van der Waals surface area contributed by atoms with E-state index < -0.39 is 0 Å². The van der Waals surface area contributed by atoms with Crippen LogP contribution in [0, 0.1) is 0 Å². The highest BCUT2D eigenvalue weighted by Gasteiger charge is 2.06. The molecule has 0 aliphatic rings. The van der Waals surface area contributed by atoms with Crippen molar-refractivity contribution in [3.8, 4) is 0 Å². The Morgan fingerprint density at radius 1 is 1.56 bits per heavy atom. The minimum atomic E-state index is -0.0750. The molecule has 0 unspecified atom stereocenters. The maximum Gasteiger partial charge on any atom is 0.317 e. The number of amides is 2. The van der Waals surface area contributed by atoms with Gasteiger partial charge < -0.3 is 10.2 Å². The summed E-state index contributed by atoms with van der Waals surface area (Å²) >= 11 is 0. The van der Waals surface area contributed by atoms with Crippen molar-refractivity contribution in [1.82, 2.24) is 15.2 Å². The van der Waals surface area contributed by atoms with Gasteiger partial charge in [0.25, 0.3) is 0 Å². The van der Waals surface area contributed by atoms with E-state index in [1.807, 2.05) is 12.1 Å². The van der Waals surface area contributed by atoms with Gasteiger partial charge in [-0.05, 0) is 24.1 Å². The van der Waals surface area contributed by atoms with Gasteiger partial charge in [-0.15, -0.1) is 6.58 Å². The third kappa shape index (κ3) is 4.13. The van der Waals surface area contributed by atoms with Crippen LogP contribution >= 0.6 is 0 Å². The SMILES string of the molecule is C=CCNC(=O)N(C)CCc1ccncc1. The molecule has 86 valence electrons. The number of carbonyl (C=O) groups excluding carboxylic acids is 1. The molecular weight excluding hydrogens is 202 g/mol. The lowest BCUT2D eigenvalue weighted by molar-refractivity contribution is 0.210. The van der Waals surface area contributed by atoms with E-state index >= 15 is 0 Å². The first-order chi connectivity index (χ1) is 7.74. The molecule has 1 aromatic rings. The second-order valence-corrected chi connectivity index (χ2v) is 3.50. The van der Waals surface area contributed by atoms with Crippen LogP contribution < -0.4 is 5.32 Å². The predicted octanol–water partition coefficient (Wildman–Crippen LogP) is 1.45. The van der Waals surface area contributed by atoms with Gasteiger partial charge in [-0.25, -0.2) is 4.79 Å². The summed E-state index contributed by atoms with van der Waals surface area (Å²) in [6, 6.07) is 3.83. The fraction of sp³-hybridized carbons (Fsp3) is 0.333. The maximum absolute atomic E-state index is 11.5. The minimum Gasteiger partial charge on any atom is -0.335 e. The summed E-state index contributed by atoms with van der Waals surface area (Å²) in [4.78, 5) is 17.1. The van der Waals surface area contributed by atoms with Crippen molar-refractivity contribution in [3.63, 3.8) is 0 Å². The Morgan fingerprint density at radius 2 is 2.25 bits per heavy atom. The maximum atomic E-state index is 11.5. The van der Waals surface area contributed by atoms with Gasteiger partial charge in [0.1, 0.15) is 0 Å². The molecule has 0 aliphatic carbocycles. The molecule has 0 fully saturated rings. The third-order valence-corrected chi connectivity index (χ3v) is 2.23. The molecule has 0 spiro atoms. The average molecular weight is 219 g/mol. The van der Waals surface area contributed by atoms with Crippen LogP contribution in [-0.2, 0) is 6.42 Å². The van der Waals surface area contributed by atoms with E-state index in [2.05, 4.69) is 16.9 Å². The van der Waals surface area contributed by atoms with Crippen molar-refractivity contribution in [2.45, 2.75) is 6.42 Å². The summed E-state index contributed by atoms with van der Waals surface area (Å²) in [5.41, 5.74) is 1.18. The number of carbonyl (C=O) groups is 1. The zero-order chi connectivity index (χ0) is 11.8. The van der Waals surface area contributed by atoms with Crippen LogP contribution in [0.15, 0.2) is 37.2 Å². The van der Waals surface area contributed by atoms with Crippen molar-refractivity contribution in [2.24, 2.45) is 0 Å².